The lowest BCUT2D eigenvalue weighted by Gasteiger charge is -2.31. The van der Waals surface area contributed by atoms with Gasteiger partial charge in [-0.05, 0) is 25.7 Å². The van der Waals surface area contributed by atoms with E-state index in [1.807, 2.05) is 0 Å². The molecule has 1 amide bonds. The molecule has 1 aliphatic heterocycles. The highest BCUT2D eigenvalue weighted by Crippen LogP contribution is 2.31. The summed E-state index contributed by atoms with van der Waals surface area (Å²) in [7, 11) is 1.76. The Labute approximate surface area is 113 Å². The Hall–Kier alpha value is -1.10. The van der Waals surface area contributed by atoms with E-state index in [-0.39, 0.29) is 17.9 Å². The first-order chi connectivity index (χ1) is 9.09. The standard InChI is InChI=1S/C14H23NO4/c1-15(9-10-5-4-8-19-10)13(16)11-6-2-3-7-12(11)14(17)18/h10-12H,2-9H2,1H3,(H,17,18). The predicted molar refractivity (Wildman–Crippen MR) is 69.7 cm³/mol. The van der Waals surface area contributed by atoms with Crippen molar-refractivity contribution in [1.82, 2.24) is 4.90 Å². The van der Waals surface area contributed by atoms with E-state index in [0.29, 0.717) is 19.4 Å². The fourth-order valence-corrected chi connectivity index (χ4v) is 3.19. The maximum Gasteiger partial charge on any atom is 0.307 e. The van der Waals surface area contributed by atoms with Crippen LogP contribution in [0.1, 0.15) is 38.5 Å². The van der Waals surface area contributed by atoms with Gasteiger partial charge >= 0.3 is 5.97 Å². The maximum absolute atomic E-state index is 12.4. The quantitative estimate of drug-likeness (QED) is 0.840. The molecule has 0 spiro atoms. The van der Waals surface area contributed by atoms with Crippen molar-refractivity contribution in [2.24, 2.45) is 11.8 Å². The summed E-state index contributed by atoms with van der Waals surface area (Å²) in [5.74, 6) is -1.71. The number of rotatable bonds is 4. The van der Waals surface area contributed by atoms with Crippen LogP contribution in [0.4, 0.5) is 0 Å². The van der Waals surface area contributed by atoms with Gasteiger partial charge in [-0.2, -0.15) is 0 Å². The van der Waals surface area contributed by atoms with E-state index in [1.54, 1.807) is 11.9 Å². The molecule has 0 aromatic rings. The summed E-state index contributed by atoms with van der Waals surface area (Å²) < 4.78 is 5.53. The molecule has 1 aliphatic carbocycles. The second kappa shape index (κ2) is 6.37. The van der Waals surface area contributed by atoms with Crippen LogP contribution in [0.3, 0.4) is 0 Å². The fraction of sp³-hybridized carbons (Fsp3) is 0.857. The third kappa shape index (κ3) is 3.47. The molecule has 1 saturated carbocycles. The molecule has 1 heterocycles. The van der Waals surface area contributed by atoms with E-state index in [2.05, 4.69) is 0 Å². The number of aliphatic carboxylic acids is 1. The number of carboxylic acids is 1. The molecule has 108 valence electrons. The molecule has 3 atom stereocenters. The molecule has 1 N–H and O–H groups in total. The highest BCUT2D eigenvalue weighted by Gasteiger charge is 2.37. The zero-order valence-corrected chi connectivity index (χ0v) is 11.5. The topological polar surface area (TPSA) is 66.8 Å². The van der Waals surface area contributed by atoms with Crippen molar-refractivity contribution in [2.45, 2.75) is 44.6 Å². The Bertz CT molecular complexity index is 338. The first-order valence-electron chi connectivity index (χ1n) is 7.19. The number of hydrogen-bond acceptors (Lipinski definition) is 3. The Morgan fingerprint density at radius 2 is 1.84 bits per heavy atom. The smallest absolute Gasteiger partial charge is 0.307 e. The third-order valence-corrected chi connectivity index (χ3v) is 4.28. The number of carbonyl (C=O) groups is 2. The van der Waals surface area contributed by atoms with Crippen LogP contribution in [0.5, 0.6) is 0 Å². The van der Waals surface area contributed by atoms with E-state index < -0.39 is 11.9 Å². The van der Waals surface area contributed by atoms with Crippen molar-refractivity contribution >= 4 is 11.9 Å². The summed E-state index contributed by atoms with van der Waals surface area (Å²) in [4.78, 5) is 25.3. The van der Waals surface area contributed by atoms with Crippen LogP contribution in [-0.2, 0) is 14.3 Å². The number of likely N-dealkylation sites (N-methyl/N-ethyl adjacent to an activating group) is 1. The van der Waals surface area contributed by atoms with Crippen LogP contribution in [0, 0.1) is 11.8 Å². The van der Waals surface area contributed by atoms with Crippen molar-refractivity contribution in [3.63, 3.8) is 0 Å². The minimum absolute atomic E-state index is 0.0254. The minimum atomic E-state index is -0.830. The van der Waals surface area contributed by atoms with E-state index in [9.17, 15) is 14.7 Å². The lowest BCUT2D eigenvalue weighted by atomic mass is 9.78. The number of nitrogens with zero attached hydrogens (tertiary/aromatic N) is 1. The molecule has 0 radical (unpaired) electrons. The molecule has 2 rings (SSSR count). The molecule has 19 heavy (non-hydrogen) atoms. The molecule has 2 fully saturated rings. The van der Waals surface area contributed by atoms with Crippen LogP contribution in [0.15, 0.2) is 0 Å². The number of carboxylic acid groups (broad SMARTS) is 1. The Morgan fingerprint density at radius 1 is 1.16 bits per heavy atom. The van der Waals surface area contributed by atoms with E-state index in [4.69, 9.17) is 4.74 Å². The predicted octanol–water partition coefficient (Wildman–Crippen LogP) is 1.51. The maximum atomic E-state index is 12.4. The molecule has 0 bridgehead atoms. The molecule has 2 aliphatic rings. The third-order valence-electron chi connectivity index (χ3n) is 4.28. The second-order valence-corrected chi connectivity index (χ2v) is 5.69. The van der Waals surface area contributed by atoms with Crippen LogP contribution in [-0.4, -0.2) is 48.2 Å². The van der Waals surface area contributed by atoms with Gasteiger partial charge in [-0.15, -0.1) is 0 Å². The van der Waals surface area contributed by atoms with Gasteiger partial charge < -0.3 is 14.7 Å². The van der Waals surface area contributed by atoms with Gasteiger partial charge in [0.25, 0.3) is 0 Å². The van der Waals surface area contributed by atoms with Crippen molar-refractivity contribution < 1.29 is 19.4 Å². The number of hydrogen-bond donors (Lipinski definition) is 1. The van der Waals surface area contributed by atoms with Crippen LogP contribution < -0.4 is 0 Å². The molecule has 1 saturated heterocycles. The molecular formula is C14H23NO4. The summed E-state index contributed by atoms with van der Waals surface area (Å²) >= 11 is 0. The average Bonchev–Trinajstić information content (AvgIpc) is 2.90. The fourth-order valence-electron chi connectivity index (χ4n) is 3.19. The molecule has 5 nitrogen and oxygen atoms in total. The van der Waals surface area contributed by atoms with Gasteiger partial charge in [0.05, 0.1) is 17.9 Å². The monoisotopic (exact) mass is 269 g/mol. The number of carbonyl (C=O) groups excluding carboxylic acids is 1. The zero-order valence-electron chi connectivity index (χ0n) is 11.5. The van der Waals surface area contributed by atoms with E-state index in [0.717, 1.165) is 32.3 Å². The second-order valence-electron chi connectivity index (χ2n) is 5.69. The van der Waals surface area contributed by atoms with Gasteiger partial charge in [0.2, 0.25) is 5.91 Å². The van der Waals surface area contributed by atoms with Crippen LogP contribution in [0.2, 0.25) is 0 Å². The summed E-state index contributed by atoms with van der Waals surface area (Å²) in [6, 6.07) is 0. The van der Waals surface area contributed by atoms with Crippen molar-refractivity contribution in [1.29, 1.82) is 0 Å². The number of ether oxygens (including phenoxy) is 1. The summed E-state index contributed by atoms with van der Waals surface area (Å²) in [6.45, 7) is 1.36. The number of amides is 1. The Kier molecular flexibility index (Phi) is 4.80. The van der Waals surface area contributed by atoms with Crippen molar-refractivity contribution in [3.8, 4) is 0 Å². The highest BCUT2D eigenvalue weighted by molar-refractivity contribution is 5.84. The summed E-state index contributed by atoms with van der Waals surface area (Å²) in [5, 5.41) is 9.23. The lowest BCUT2D eigenvalue weighted by Crippen LogP contribution is -2.43. The van der Waals surface area contributed by atoms with Crippen LogP contribution >= 0.6 is 0 Å². The Morgan fingerprint density at radius 3 is 2.42 bits per heavy atom. The van der Waals surface area contributed by atoms with Gasteiger partial charge in [-0.1, -0.05) is 12.8 Å². The first kappa shape index (κ1) is 14.3. The average molecular weight is 269 g/mol. The summed E-state index contributed by atoms with van der Waals surface area (Å²) in [5.41, 5.74) is 0. The molecular weight excluding hydrogens is 246 g/mol. The zero-order chi connectivity index (χ0) is 13.8. The lowest BCUT2D eigenvalue weighted by molar-refractivity contribution is -0.152. The van der Waals surface area contributed by atoms with Gasteiger partial charge in [0, 0.05) is 20.2 Å². The van der Waals surface area contributed by atoms with E-state index in [1.165, 1.54) is 0 Å². The highest BCUT2D eigenvalue weighted by atomic mass is 16.5. The van der Waals surface area contributed by atoms with Gasteiger partial charge in [-0.25, -0.2) is 0 Å². The van der Waals surface area contributed by atoms with Gasteiger partial charge in [-0.3, -0.25) is 9.59 Å². The first-order valence-corrected chi connectivity index (χ1v) is 7.19. The van der Waals surface area contributed by atoms with Crippen molar-refractivity contribution in [3.05, 3.63) is 0 Å². The Balaban J connectivity index is 1.93. The summed E-state index contributed by atoms with van der Waals surface area (Å²) in [6.07, 6.45) is 5.36. The molecule has 3 unspecified atom stereocenters. The molecule has 0 aromatic carbocycles. The minimum Gasteiger partial charge on any atom is -0.481 e. The van der Waals surface area contributed by atoms with Crippen LogP contribution in [0.25, 0.3) is 0 Å². The van der Waals surface area contributed by atoms with Gasteiger partial charge in [0.1, 0.15) is 0 Å². The van der Waals surface area contributed by atoms with Crippen molar-refractivity contribution in [2.75, 3.05) is 20.2 Å². The molecule has 0 aromatic heterocycles. The normalized spacial score (nSPS) is 31.1. The van der Waals surface area contributed by atoms with E-state index >= 15 is 0 Å². The van der Waals surface area contributed by atoms with Gasteiger partial charge in [0.15, 0.2) is 0 Å². The largest absolute Gasteiger partial charge is 0.481 e. The molecule has 5 heteroatoms. The SMILES string of the molecule is CN(CC1CCCO1)C(=O)C1CCCCC1C(=O)O.